The highest BCUT2D eigenvalue weighted by Gasteiger charge is 2.16. The zero-order chi connectivity index (χ0) is 16.8. The minimum atomic E-state index is -0.261. The third-order valence-electron chi connectivity index (χ3n) is 3.66. The van der Waals surface area contributed by atoms with Gasteiger partial charge in [-0.2, -0.15) is 0 Å². The SMILES string of the molecule is CCOc1c(Cl)cc(CC(CN)c2cccc(F)c2)cc1OC. The molecule has 23 heavy (non-hydrogen) atoms. The average molecular weight is 338 g/mol. The summed E-state index contributed by atoms with van der Waals surface area (Å²) in [6, 6.07) is 10.3. The van der Waals surface area contributed by atoms with Crippen molar-refractivity contribution in [2.45, 2.75) is 19.3 Å². The van der Waals surface area contributed by atoms with Gasteiger partial charge in [0.1, 0.15) is 5.82 Å². The first kappa shape index (κ1) is 17.6. The van der Waals surface area contributed by atoms with Crippen molar-refractivity contribution in [3.05, 3.63) is 58.4 Å². The molecule has 0 radical (unpaired) electrons. The van der Waals surface area contributed by atoms with Gasteiger partial charge in [0.25, 0.3) is 0 Å². The lowest BCUT2D eigenvalue weighted by molar-refractivity contribution is 0.311. The highest BCUT2D eigenvalue weighted by atomic mass is 35.5. The van der Waals surface area contributed by atoms with E-state index in [4.69, 9.17) is 26.8 Å². The van der Waals surface area contributed by atoms with Gasteiger partial charge in [0.15, 0.2) is 11.5 Å². The highest BCUT2D eigenvalue weighted by molar-refractivity contribution is 6.32. The van der Waals surface area contributed by atoms with Crippen molar-refractivity contribution >= 4 is 11.6 Å². The van der Waals surface area contributed by atoms with Crippen LogP contribution in [0.15, 0.2) is 36.4 Å². The lowest BCUT2D eigenvalue weighted by Crippen LogP contribution is -2.15. The van der Waals surface area contributed by atoms with Crippen molar-refractivity contribution in [3.8, 4) is 11.5 Å². The van der Waals surface area contributed by atoms with Crippen LogP contribution in [0.4, 0.5) is 4.39 Å². The number of halogens is 2. The van der Waals surface area contributed by atoms with Gasteiger partial charge in [-0.15, -0.1) is 0 Å². The zero-order valence-corrected chi connectivity index (χ0v) is 14.1. The molecule has 0 aliphatic heterocycles. The van der Waals surface area contributed by atoms with Crippen LogP contribution in [0.3, 0.4) is 0 Å². The number of rotatable bonds is 7. The van der Waals surface area contributed by atoms with E-state index in [-0.39, 0.29) is 11.7 Å². The molecule has 2 aromatic carbocycles. The summed E-state index contributed by atoms with van der Waals surface area (Å²) in [5.74, 6) is 0.868. The van der Waals surface area contributed by atoms with E-state index in [0.29, 0.717) is 36.1 Å². The number of methoxy groups -OCH3 is 1. The molecule has 3 nitrogen and oxygen atoms in total. The van der Waals surface area contributed by atoms with E-state index in [9.17, 15) is 4.39 Å². The molecule has 0 saturated heterocycles. The van der Waals surface area contributed by atoms with Gasteiger partial charge in [0, 0.05) is 5.92 Å². The maximum absolute atomic E-state index is 13.4. The third-order valence-corrected chi connectivity index (χ3v) is 3.95. The summed E-state index contributed by atoms with van der Waals surface area (Å²) in [6.45, 7) is 2.80. The second kappa shape index (κ2) is 8.18. The smallest absolute Gasteiger partial charge is 0.179 e. The Labute approximate surface area is 141 Å². The van der Waals surface area contributed by atoms with Crippen LogP contribution in [-0.2, 0) is 6.42 Å². The van der Waals surface area contributed by atoms with Gasteiger partial charge >= 0.3 is 0 Å². The molecule has 2 rings (SSSR count). The van der Waals surface area contributed by atoms with E-state index in [0.717, 1.165) is 11.1 Å². The van der Waals surface area contributed by atoms with Crippen LogP contribution in [0.1, 0.15) is 24.0 Å². The fraction of sp³-hybridized carbons (Fsp3) is 0.333. The number of benzene rings is 2. The predicted octanol–water partition coefficient (Wildman–Crippen LogP) is 4.17. The van der Waals surface area contributed by atoms with Crippen molar-refractivity contribution in [3.63, 3.8) is 0 Å². The van der Waals surface area contributed by atoms with E-state index < -0.39 is 0 Å². The Morgan fingerprint density at radius 1 is 1.26 bits per heavy atom. The quantitative estimate of drug-likeness (QED) is 0.824. The first-order chi connectivity index (χ1) is 11.1. The number of nitrogens with two attached hydrogens (primary N) is 1. The second-order valence-electron chi connectivity index (χ2n) is 5.23. The molecular weight excluding hydrogens is 317 g/mol. The Balaban J connectivity index is 2.29. The van der Waals surface area contributed by atoms with Crippen LogP contribution < -0.4 is 15.2 Å². The molecule has 0 fully saturated rings. The highest BCUT2D eigenvalue weighted by Crippen LogP contribution is 2.37. The molecule has 0 spiro atoms. The first-order valence-electron chi connectivity index (χ1n) is 7.53. The molecule has 0 amide bonds. The van der Waals surface area contributed by atoms with Gasteiger partial charge in [-0.25, -0.2) is 4.39 Å². The molecule has 0 heterocycles. The summed E-state index contributed by atoms with van der Waals surface area (Å²) in [5, 5.41) is 0.496. The standard InChI is InChI=1S/C18H21ClFNO2/c1-3-23-18-16(19)8-12(9-17(18)22-2)7-14(11-21)13-5-4-6-15(20)10-13/h4-6,8-10,14H,3,7,11,21H2,1-2H3. The average Bonchev–Trinajstić information content (AvgIpc) is 2.54. The second-order valence-corrected chi connectivity index (χ2v) is 5.64. The molecule has 0 aliphatic carbocycles. The summed E-state index contributed by atoms with van der Waals surface area (Å²) in [4.78, 5) is 0. The molecule has 0 bridgehead atoms. The van der Waals surface area contributed by atoms with Crippen LogP contribution in [0.5, 0.6) is 11.5 Å². The van der Waals surface area contributed by atoms with Gasteiger partial charge in [0.2, 0.25) is 0 Å². The fourth-order valence-corrected chi connectivity index (χ4v) is 2.85. The van der Waals surface area contributed by atoms with Crippen molar-refractivity contribution in [2.75, 3.05) is 20.3 Å². The number of hydrogen-bond donors (Lipinski definition) is 1. The summed E-state index contributed by atoms with van der Waals surface area (Å²) in [6.07, 6.45) is 0.641. The largest absolute Gasteiger partial charge is 0.493 e. The van der Waals surface area contributed by atoms with Crippen molar-refractivity contribution in [2.24, 2.45) is 5.73 Å². The zero-order valence-electron chi connectivity index (χ0n) is 13.3. The van der Waals surface area contributed by atoms with E-state index in [1.54, 1.807) is 13.2 Å². The summed E-state index contributed by atoms with van der Waals surface area (Å²) in [5.41, 5.74) is 7.72. The molecular formula is C18H21ClFNO2. The molecule has 0 aliphatic rings. The van der Waals surface area contributed by atoms with Gasteiger partial charge < -0.3 is 15.2 Å². The van der Waals surface area contributed by atoms with Crippen LogP contribution in [0.25, 0.3) is 0 Å². The lowest BCUT2D eigenvalue weighted by atomic mass is 9.92. The Morgan fingerprint density at radius 3 is 2.65 bits per heavy atom. The van der Waals surface area contributed by atoms with E-state index >= 15 is 0 Å². The Kier molecular flexibility index (Phi) is 6.25. The normalized spacial score (nSPS) is 12.0. The van der Waals surface area contributed by atoms with Crippen LogP contribution in [-0.4, -0.2) is 20.3 Å². The van der Waals surface area contributed by atoms with Crippen LogP contribution in [0.2, 0.25) is 5.02 Å². The molecule has 2 N–H and O–H groups in total. The van der Waals surface area contributed by atoms with Crippen molar-refractivity contribution < 1.29 is 13.9 Å². The molecule has 2 aromatic rings. The van der Waals surface area contributed by atoms with E-state index in [1.807, 2.05) is 25.1 Å². The molecule has 0 saturated carbocycles. The van der Waals surface area contributed by atoms with Gasteiger partial charge in [-0.05, 0) is 55.3 Å². The lowest BCUT2D eigenvalue weighted by Gasteiger charge is -2.18. The molecule has 5 heteroatoms. The van der Waals surface area contributed by atoms with E-state index in [1.165, 1.54) is 12.1 Å². The van der Waals surface area contributed by atoms with Crippen LogP contribution in [0, 0.1) is 5.82 Å². The summed E-state index contributed by atoms with van der Waals surface area (Å²) >= 11 is 6.29. The summed E-state index contributed by atoms with van der Waals surface area (Å²) in [7, 11) is 1.57. The Morgan fingerprint density at radius 2 is 2.04 bits per heavy atom. The maximum atomic E-state index is 13.4. The van der Waals surface area contributed by atoms with E-state index in [2.05, 4.69) is 0 Å². The predicted molar refractivity (Wildman–Crippen MR) is 91.1 cm³/mol. The summed E-state index contributed by atoms with van der Waals surface area (Å²) < 4.78 is 24.3. The molecule has 1 unspecified atom stereocenters. The van der Waals surface area contributed by atoms with Gasteiger partial charge in [-0.1, -0.05) is 23.7 Å². The number of ether oxygens (including phenoxy) is 2. The fourth-order valence-electron chi connectivity index (χ4n) is 2.56. The van der Waals surface area contributed by atoms with Gasteiger partial charge in [-0.3, -0.25) is 0 Å². The molecule has 124 valence electrons. The Bertz CT molecular complexity index is 663. The maximum Gasteiger partial charge on any atom is 0.179 e. The first-order valence-corrected chi connectivity index (χ1v) is 7.91. The number of hydrogen-bond acceptors (Lipinski definition) is 3. The van der Waals surface area contributed by atoms with Crippen molar-refractivity contribution in [1.29, 1.82) is 0 Å². The monoisotopic (exact) mass is 337 g/mol. The Hall–Kier alpha value is -1.78. The third kappa shape index (κ3) is 4.36. The topological polar surface area (TPSA) is 44.5 Å². The minimum Gasteiger partial charge on any atom is -0.493 e. The molecule has 0 aromatic heterocycles. The van der Waals surface area contributed by atoms with Gasteiger partial charge in [0.05, 0.1) is 18.7 Å². The molecule has 1 atom stereocenters. The minimum absolute atomic E-state index is 0.00409. The van der Waals surface area contributed by atoms with Crippen LogP contribution >= 0.6 is 11.6 Å². The van der Waals surface area contributed by atoms with Crippen molar-refractivity contribution in [1.82, 2.24) is 0 Å².